The summed E-state index contributed by atoms with van der Waals surface area (Å²) in [7, 11) is 0. The number of ether oxygens (including phenoxy) is 1. The maximum absolute atomic E-state index is 10.2. The largest absolute Gasteiger partial charge is 0.489 e. The molecule has 0 spiro atoms. The van der Waals surface area contributed by atoms with Crippen LogP contribution in [-0.4, -0.2) is 29.9 Å². The van der Waals surface area contributed by atoms with Crippen LogP contribution in [0.25, 0.3) is 0 Å². The number of piperidine rings is 1. The Morgan fingerprint density at radius 1 is 1.42 bits per heavy atom. The van der Waals surface area contributed by atoms with Gasteiger partial charge in [0.05, 0.1) is 17.4 Å². The summed E-state index contributed by atoms with van der Waals surface area (Å²) in [6.45, 7) is 7.47. The standard InChI is InChI=1S/C15H24N2O2/c1-11(2)19-14-9-12(5-6-13(14)16)17-8-4-7-15(3,18)10-17/h5-6,9,11,18H,4,7-8,10,16H2,1-3H3. The van der Waals surface area contributed by atoms with Gasteiger partial charge in [-0.1, -0.05) is 0 Å². The van der Waals surface area contributed by atoms with Crippen molar-refractivity contribution in [3.8, 4) is 5.75 Å². The van der Waals surface area contributed by atoms with Crippen LogP contribution in [0.15, 0.2) is 18.2 Å². The molecule has 0 saturated carbocycles. The molecule has 1 fully saturated rings. The lowest BCUT2D eigenvalue weighted by molar-refractivity contribution is 0.0449. The smallest absolute Gasteiger partial charge is 0.144 e. The Labute approximate surface area is 115 Å². The molecule has 4 heteroatoms. The zero-order chi connectivity index (χ0) is 14.0. The van der Waals surface area contributed by atoms with Crippen molar-refractivity contribution in [1.29, 1.82) is 0 Å². The van der Waals surface area contributed by atoms with E-state index in [1.54, 1.807) is 0 Å². The van der Waals surface area contributed by atoms with Crippen LogP contribution >= 0.6 is 0 Å². The van der Waals surface area contributed by atoms with Gasteiger partial charge < -0.3 is 20.5 Å². The number of hydrogen-bond donors (Lipinski definition) is 2. The minimum absolute atomic E-state index is 0.0991. The van der Waals surface area contributed by atoms with Crippen molar-refractivity contribution in [2.24, 2.45) is 0 Å². The fourth-order valence-corrected chi connectivity index (χ4v) is 2.52. The highest BCUT2D eigenvalue weighted by molar-refractivity contribution is 5.62. The molecule has 1 aromatic carbocycles. The van der Waals surface area contributed by atoms with Crippen LogP contribution < -0.4 is 15.4 Å². The number of anilines is 2. The van der Waals surface area contributed by atoms with E-state index in [0.29, 0.717) is 12.2 Å². The molecule has 19 heavy (non-hydrogen) atoms. The molecule has 0 aliphatic carbocycles. The number of aliphatic hydroxyl groups is 1. The second kappa shape index (κ2) is 5.29. The molecular weight excluding hydrogens is 240 g/mol. The maximum Gasteiger partial charge on any atom is 0.144 e. The first-order valence-corrected chi connectivity index (χ1v) is 6.91. The molecular formula is C15H24N2O2. The average molecular weight is 264 g/mol. The van der Waals surface area contributed by atoms with Gasteiger partial charge in [-0.05, 0) is 45.7 Å². The van der Waals surface area contributed by atoms with Crippen LogP contribution in [0.5, 0.6) is 5.75 Å². The van der Waals surface area contributed by atoms with E-state index in [1.165, 1.54) is 0 Å². The minimum atomic E-state index is -0.612. The first kappa shape index (κ1) is 14.0. The Morgan fingerprint density at radius 2 is 2.16 bits per heavy atom. The predicted molar refractivity (Wildman–Crippen MR) is 78.7 cm³/mol. The summed E-state index contributed by atoms with van der Waals surface area (Å²) in [4.78, 5) is 2.19. The first-order valence-electron chi connectivity index (χ1n) is 6.91. The topological polar surface area (TPSA) is 58.7 Å². The van der Waals surface area contributed by atoms with Gasteiger partial charge in [-0.2, -0.15) is 0 Å². The molecule has 0 bridgehead atoms. The summed E-state index contributed by atoms with van der Waals surface area (Å²) in [5.74, 6) is 0.720. The third-order valence-corrected chi connectivity index (χ3v) is 3.40. The highest BCUT2D eigenvalue weighted by atomic mass is 16.5. The average Bonchev–Trinajstić information content (AvgIpc) is 2.30. The van der Waals surface area contributed by atoms with Gasteiger partial charge in [-0.25, -0.2) is 0 Å². The van der Waals surface area contributed by atoms with Gasteiger partial charge in [0.2, 0.25) is 0 Å². The Hall–Kier alpha value is -1.42. The molecule has 0 amide bonds. The van der Waals surface area contributed by atoms with E-state index in [9.17, 15) is 5.11 Å². The molecule has 1 unspecified atom stereocenters. The van der Waals surface area contributed by atoms with Gasteiger partial charge in [0.1, 0.15) is 5.75 Å². The van der Waals surface area contributed by atoms with E-state index in [1.807, 2.05) is 39.0 Å². The Kier molecular flexibility index (Phi) is 3.90. The van der Waals surface area contributed by atoms with Crippen molar-refractivity contribution in [2.75, 3.05) is 23.7 Å². The van der Waals surface area contributed by atoms with Crippen molar-refractivity contribution in [1.82, 2.24) is 0 Å². The Morgan fingerprint density at radius 3 is 2.79 bits per heavy atom. The van der Waals surface area contributed by atoms with Gasteiger partial charge in [-0.15, -0.1) is 0 Å². The lowest BCUT2D eigenvalue weighted by Crippen LogP contribution is -2.46. The summed E-state index contributed by atoms with van der Waals surface area (Å²) >= 11 is 0. The van der Waals surface area contributed by atoms with Crippen molar-refractivity contribution >= 4 is 11.4 Å². The molecule has 0 radical (unpaired) electrons. The predicted octanol–water partition coefficient (Wildman–Crippen LogP) is 2.41. The lowest BCUT2D eigenvalue weighted by Gasteiger charge is -2.38. The minimum Gasteiger partial charge on any atom is -0.489 e. The second-order valence-electron chi connectivity index (χ2n) is 5.91. The van der Waals surface area contributed by atoms with Gasteiger partial charge in [0, 0.05) is 24.8 Å². The van der Waals surface area contributed by atoms with Gasteiger partial charge in [0.25, 0.3) is 0 Å². The van der Waals surface area contributed by atoms with Crippen LogP contribution in [-0.2, 0) is 0 Å². The highest BCUT2D eigenvalue weighted by Gasteiger charge is 2.28. The van der Waals surface area contributed by atoms with E-state index in [0.717, 1.165) is 30.8 Å². The second-order valence-corrected chi connectivity index (χ2v) is 5.91. The fraction of sp³-hybridized carbons (Fsp3) is 0.600. The normalized spacial score (nSPS) is 23.7. The zero-order valence-electron chi connectivity index (χ0n) is 12.0. The number of nitrogens with zero attached hydrogens (tertiary/aromatic N) is 1. The van der Waals surface area contributed by atoms with Gasteiger partial charge >= 0.3 is 0 Å². The quantitative estimate of drug-likeness (QED) is 0.823. The first-order chi connectivity index (χ1) is 8.87. The summed E-state index contributed by atoms with van der Waals surface area (Å²) in [5.41, 5.74) is 7.03. The lowest BCUT2D eigenvalue weighted by atomic mass is 9.95. The van der Waals surface area contributed by atoms with Crippen LogP contribution in [0.3, 0.4) is 0 Å². The Balaban J connectivity index is 2.20. The molecule has 1 heterocycles. The van der Waals surface area contributed by atoms with Crippen molar-refractivity contribution in [3.63, 3.8) is 0 Å². The third-order valence-electron chi connectivity index (χ3n) is 3.40. The number of hydrogen-bond acceptors (Lipinski definition) is 4. The number of β-amino-alcohol motifs (C(OH)–C–C–N with tert-alkyl or cyclic N) is 1. The monoisotopic (exact) mass is 264 g/mol. The molecule has 4 nitrogen and oxygen atoms in total. The van der Waals surface area contributed by atoms with Crippen LogP contribution in [0, 0.1) is 0 Å². The number of nitrogen functional groups attached to an aromatic ring is 1. The molecule has 1 aliphatic heterocycles. The number of benzene rings is 1. The summed E-state index contributed by atoms with van der Waals surface area (Å²) in [5, 5.41) is 10.2. The maximum atomic E-state index is 10.2. The zero-order valence-corrected chi connectivity index (χ0v) is 12.0. The van der Waals surface area contributed by atoms with E-state index in [-0.39, 0.29) is 6.10 Å². The Bertz CT molecular complexity index is 444. The van der Waals surface area contributed by atoms with Crippen molar-refractivity contribution < 1.29 is 9.84 Å². The van der Waals surface area contributed by atoms with Crippen LogP contribution in [0.4, 0.5) is 11.4 Å². The van der Waals surface area contributed by atoms with E-state index >= 15 is 0 Å². The molecule has 1 aliphatic rings. The molecule has 2 rings (SSSR count). The molecule has 1 atom stereocenters. The fourth-order valence-electron chi connectivity index (χ4n) is 2.52. The molecule has 3 N–H and O–H groups in total. The van der Waals surface area contributed by atoms with Crippen molar-refractivity contribution in [3.05, 3.63) is 18.2 Å². The van der Waals surface area contributed by atoms with E-state index in [2.05, 4.69) is 4.90 Å². The summed E-state index contributed by atoms with van der Waals surface area (Å²) < 4.78 is 5.71. The van der Waals surface area contributed by atoms with Crippen LogP contribution in [0.2, 0.25) is 0 Å². The number of rotatable bonds is 3. The highest BCUT2D eigenvalue weighted by Crippen LogP contribution is 2.31. The number of nitrogens with two attached hydrogens (primary N) is 1. The third kappa shape index (κ3) is 3.53. The summed E-state index contributed by atoms with van der Waals surface area (Å²) in [6, 6.07) is 5.83. The molecule has 1 aromatic rings. The molecule has 1 saturated heterocycles. The SMILES string of the molecule is CC(C)Oc1cc(N2CCCC(C)(O)C2)ccc1N. The van der Waals surface area contributed by atoms with Gasteiger partial charge in [-0.3, -0.25) is 0 Å². The molecule has 106 valence electrons. The summed E-state index contributed by atoms with van der Waals surface area (Å²) in [6.07, 6.45) is 1.95. The molecule has 0 aromatic heterocycles. The van der Waals surface area contributed by atoms with E-state index in [4.69, 9.17) is 10.5 Å². The van der Waals surface area contributed by atoms with Gasteiger partial charge in [0.15, 0.2) is 0 Å². The van der Waals surface area contributed by atoms with Crippen molar-refractivity contribution in [2.45, 2.75) is 45.3 Å². The van der Waals surface area contributed by atoms with E-state index < -0.39 is 5.60 Å². The van der Waals surface area contributed by atoms with Crippen LogP contribution in [0.1, 0.15) is 33.6 Å².